The molecule has 1 aromatic carbocycles. The fraction of sp³-hybridized carbons (Fsp3) is 0.333. The molecule has 142 valence electrons. The van der Waals surface area contributed by atoms with E-state index in [1.54, 1.807) is 12.4 Å². The van der Waals surface area contributed by atoms with Gasteiger partial charge in [-0.25, -0.2) is 9.97 Å². The Bertz CT molecular complexity index is 1070. The summed E-state index contributed by atoms with van der Waals surface area (Å²) in [7, 11) is 0. The normalized spacial score (nSPS) is 17.8. The van der Waals surface area contributed by atoms with Crippen molar-refractivity contribution >= 4 is 28.1 Å². The first-order chi connectivity index (χ1) is 13.8. The fourth-order valence-electron chi connectivity index (χ4n) is 3.87. The minimum atomic E-state index is 0.208. The molecule has 0 amide bonds. The number of nitrogens with zero attached hydrogens (tertiary/aromatic N) is 4. The molecule has 1 N–H and O–H groups in total. The number of fused-ring (bicyclic) bond motifs is 1. The van der Waals surface area contributed by atoms with Gasteiger partial charge in [0.05, 0.1) is 24.4 Å². The van der Waals surface area contributed by atoms with Crippen LogP contribution in [0, 0.1) is 0 Å². The summed E-state index contributed by atoms with van der Waals surface area (Å²) in [5.74, 6) is 1.10. The van der Waals surface area contributed by atoms with Crippen LogP contribution < -0.4 is 4.90 Å². The highest BCUT2D eigenvalue weighted by molar-refractivity contribution is 6.00. The van der Waals surface area contributed by atoms with E-state index in [2.05, 4.69) is 31.1 Å². The predicted octanol–water partition coefficient (Wildman–Crippen LogP) is 2.99. The van der Waals surface area contributed by atoms with Gasteiger partial charge in [-0.2, -0.15) is 5.10 Å². The number of carbonyl (C=O) groups is 1. The largest absolute Gasteiger partial charge is 0.378 e. The predicted molar refractivity (Wildman–Crippen MR) is 107 cm³/mol. The molecule has 0 saturated carbocycles. The van der Waals surface area contributed by atoms with Gasteiger partial charge in [0.2, 0.25) is 0 Å². The fourth-order valence-corrected chi connectivity index (χ4v) is 3.87. The first-order valence-corrected chi connectivity index (χ1v) is 9.65. The van der Waals surface area contributed by atoms with Crippen molar-refractivity contribution in [2.45, 2.75) is 19.3 Å². The zero-order valence-electron chi connectivity index (χ0n) is 15.5. The molecule has 2 aromatic heterocycles. The number of ether oxygens (including phenoxy) is 1. The van der Waals surface area contributed by atoms with Gasteiger partial charge >= 0.3 is 0 Å². The summed E-state index contributed by atoms with van der Waals surface area (Å²) in [5, 5.41) is 8.61. The van der Waals surface area contributed by atoms with Crippen LogP contribution in [0.5, 0.6) is 0 Å². The Labute approximate surface area is 162 Å². The highest BCUT2D eigenvalue weighted by Crippen LogP contribution is 2.31. The number of hydrogen-bond acceptors (Lipinski definition) is 6. The van der Waals surface area contributed by atoms with Crippen LogP contribution in [0.1, 0.15) is 24.8 Å². The molecule has 1 aliphatic heterocycles. The number of H-pyrrole nitrogens is 1. The van der Waals surface area contributed by atoms with Gasteiger partial charge < -0.3 is 9.64 Å². The number of nitrogens with one attached hydrogen (secondary N) is 1. The van der Waals surface area contributed by atoms with Crippen molar-refractivity contribution < 1.29 is 9.53 Å². The SMILES string of the molecule is O=C1C=C(c2ccc3[nH]nc(-c4cc(N5CCOCC5)ncn4)c3c2)CCC1. The monoisotopic (exact) mass is 375 g/mol. The summed E-state index contributed by atoms with van der Waals surface area (Å²) in [5.41, 5.74) is 4.71. The van der Waals surface area contributed by atoms with Gasteiger partial charge in [0.25, 0.3) is 0 Å². The standard InChI is InChI=1S/C21H21N5O2/c27-16-3-1-2-14(10-16)15-4-5-18-17(11-15)21(25-24-18)19-12-20(23-13-22-19)26-6-8-28-9-7-26/h4-5,10-13H,1-3,6-9H2,(H,24,25). The second kappa shape index (κ2) is 7.16. The second-order valence-corrected chi connectivity index (χ2v) is 7.18. The van der Waals surface area contributed by atoms with Crippen molar-refractivity contribution in [1.82, 2.24) is 20.2 Å². The minimum absolute atomic E-state index is 0.208. The third kappa shape index (κ3) is 3.18. The quantitative estimate of drug-likeness (QED) is 0.758. The van der Waals surface area contributed by atoms with Crippen molar-refractivity contribution in [3.05, 3.63) is 42.2 Å². The van der Waals surface area contributed by atoms with E-state index in [-0.39, 0.29) is 5.78 Å². The molecule has 1 aliphatic carbocycles. The Morgan fingerprint density at radius 2 is 1.96 bits per heavy atom. The zero-order valence-corrected chi connectivity index (χ0v) is 15.5. The second-order valence-electron chi connectivity index (χ2n) is 7.18. The van der Waals surface area contributed by atoms with E-state index in [0.717, 1.165) is 65.2 Å². The summed E-state index contributed by atoms with van der Waals surface area (Å²) in [6.45, 7) is 3.07. The summed E-state index contributed by atoms with van der Waals surface area (Å²) < 4.78 is 5.43. The van der Waals surface area contributed by atoms with Gasteiger partial charge in [-0.1, -0.05) is 6.07 Å². The Hall–Kier alpha value is -3.06. The number of aromatic amines is 1. The molecule has 0 bridgehead atoms. The number of aromatic nitrogens is 4. The Morgan fingerprint density at radius 1 is 1.07 bits per heavy atom. The first kappa shape index (κ1) is 17.1. The van der Waals surface area contributed by atoms with Crippen LogP contribution in [0.4, 0.5) is 5.82 Å². The van der Waals surface area contributed by atoms with Crippen LogP contribution in [-0.2, 0) is 9.53 Å². The number of allylic oxidation sites excluding steroid dienone is 2. The van der Waals surface area contributed by atoms with Gasteiger partial charge in [0.15, 0.2) is 5.78 Å². The number of benzene rings is 1. The van der Waals surface area contributed by atoms with Crippen LogP contribution in [0.3, 0.4) is 0 Å². The van der Waals surface area contributed by atoms with E-state index in [1.807, 2.05) is 18.2 Å². The third-order valence-electron chi connectivity index (χ3n) is 5.37. The van der Waals surface area contributed by atoms with Crippen molar-refractivity contribution in [3.8, 4) is 11.4 Å². The lowest BCUT2D eigenvalue weighted by atomic mass is 9.92. The summed E-state index contributed by atoms with van der Waals surface area (Å²) in [6.07, 6.45) is 5.86. The van der Waals surface area contributed by atoms with Crippen LogP contribution in [0.2, 0.25) is 0 Å². The topological polar surface area (TPSA) is 84.0 Å². The maximum absolute atomic E-state index is 11.8. The molecule has 1 saturated heterocycles. The molecule has 7 heteroatoms. The van der Waals surface area contributed by atoms with Gasteiger partial charge in [-0.15, -0.1) is 0 Å². The van der Waals surface area contributed by atoms with E-state index in [4.69, 9.17) is 4.74 Å². The lowest BCUT2D eigenvalue weighted by Gasteiger charge is -2.27. The Kier molecular flexibility index (Phi) is 4.37. The Morgan fingerprint density at radius 3 is 2.82 bits per heavy atom. The number of anilines is 1. The minimum Gasteiger partial charge on any atom is -0.378 e. The molecular formula is C21H21N5O2. The van der Waals surface area contributed by atoms with Crippen molar-refractivity contribution in [2.24, 2.45) is 0 Å². The highest BCUT2D eigenvalue weighted by Gasteiger charge is 2.17. The molecule has 3 aromatic rings. The van der Waals surface area contributed by atoms with E-state index >= 15 is 0 Å². The molecule has 0 unspecified atom stereocenters. The van der Waals surface area contributed by atoms with Gasteiger partial charge in [-0.3, -0.25) is 9.89 Å². The van der Waals surface area contributed by atoms with Crippen LogP contribution in [0.25, 0.3) is 27.9 Å². The van der Waals surface area contributed by atoms with Crippen LogP contribution >= 0.6 is 0 Å². The third-order valence-corrected chi connectivity index (χ3v) is 5.37. The average molecular weight is 375 g/mol. The lowest BCUT2D eigenvalue weighted by molar-refractivity contribution is -0.114. The maximum atomic E-state index is 11.8. The molecule has 1 fully saturated rings. The van der Waals surface area contributed by atoms with Crippen LogP contribution in [0.15, 0.2) is 36.7 Å². The molecule has 7 nitrogen and oxygen atoms in total. The van der Waals surface area contributed by atoms with Gasteiger partial charge in [0.1, 0.15) is 17.8 Å². The molecule has 5 rings (SSSR count). The van der Waals surface area contributed by atoms with E-state index < -0.39 is 0 Å². The van der Waals surface area contributed by atoms with Crippen molar-refractivity contribution in [2.75, 3.05) is 31.2 Å². The molecule has 0 radical (unpaired) electrons. The molecule has 2 aliphatic rings. The lowest BCUT2D eigenvalue weighted by Crippen LogP contribution is -2.36. The molecule has 0 atom stereocenters. The summed E-state index contributed by atoms with van der Waals surface area (Å²) in [4.78, 5) is 22.9. The number of hydrogen-bond donors (Lipinski definition) is 1. The van der Waals surface area contributed by atoms with Crippen molar-refractivity contribution in [1.29, 1.82) is 0 Å². The smallest absolute Gasteiger partial charge is 0.155 e. The number of carbonyl (C=O) groups excluding carboxylic acids is 1. The van der Waals surface area contributed by atoms with Crippen LogP contribution in [-0.4, -0.2) is 52.3 Å². The zero-order chi connectivity index (χ0) is 18.9. The highest BCUT2D eigenvalue weighted by atomic mass is 16.5. The number of ketones is 1. The van der Waals surface area contributed by atoms with Crippen molar-refractivity contribution in [3.63, 3.8) is 0 Å². The van der Waals surface area contributed by atoms with Gasteiger partial charge in [-0.05, 0) is 42.2 Å². The number of rotatable bonds is 3. The van der Waals surface area contributed by atoms with Gasteiger partial charge in [0, 0.05) is 31.0 Å². The summed E-state index contributed by atoms with van der Waals surface area (Å²) in [6, 6.07) is 8.16. The van der Waals surface area contributed by atoms with E-state index in [0.29, 0.717) is 19.6 Å². The van der Waals surface area contributed by atoms with E-state index in [9.17, 15) is 4.79 Å². The molecule has 28 heavy (non-hydrogen) atoms. The maximum Gasteiger partial charge on any atom is 0.155 e. The molecule has 3 heterocycles. The molecular weight excluding hydrogens is 354 g/mol. The van der Waals surface area contributed by atoms with E-state index in [1.165, 1.54) is 0 Å². The first-order valence-electron chi connectivity index (χ1n) is 9.65. The number of morpholine rings is 1. The average Bonchev–Trinajstić information content (AvgIpc) is 3.18. The molecule has 0 spiro atoms. The Balaban J connectivity index is 1.54. The summed E-state index contributed by atoms with van der Waals surface area (Å²) >= 11 is 0.